The highest BCUT2D eigenvalue weighted by molar-refractivity contribution is 7.99. The minimum Gasteiger partial charge on any atom is -0.355 e. The summed E-state index contributed by atoms with van der Waals surface area (Å²) in [5.41, 5.74) is 1.28. The van der Waals surface area contributed by atoms with Crippen molar-refractivity contribution < 1.29 is 4.79 Å². The molecular weight excluding hydrogens is 316 g/mol. The van der Waals surface area contributed by atoms with Gasteiger partial charge in [0.2, 0.25) is 5.91 Å². The summed E-state index contributed by atoms with van der Waals surface area (Å²) in [5, 5.41) is 3.02. The molecule has 1 saturated heterocycles. The first-order valence-electron chi connectivity index (χ1n) is 7.95. The van der Waals surface area contributed by atoms with Crippen molar-refractivity contribution in [2.24, 2.45) is 0 Å². The van der Waals surface area contributed by atoms with Crippen molar-refractivity contribution in [3.05, 3.63) is 35.9 Å². The van der Waals surface area contributed by atoms with E-state index in [1.165, 1.54) is 44.5 Å². The highest BCUT2D eigenvalue weighted by Crippen LogP contribution is 2.11. The van der Waals surface area contributed by atoms with Gasteiger partial charge in [0.05, 0.1) is 5.75 Å². The maximum Gasteiger partial charge on any atom is 0.230 e. The third-order valence-corrected chi connectivity index (χ3v) is 4.77. The van der Waals surface area contributed by atoms with Crippen LogP contribution in [0.25, 0.3) is 0 Å². The Bertz CT molecular complexity index is 410. The molecule has 0 aliphatic carbocycles. The summed E-state index contributed by atoms with van der Waals surface area (Å²) in [6.45, 7) is 4.54. The summed E-state index contributed by atoms with van der Waals surface area (Å²) >= 11 is 1.68. The fourth-order valence-corrected chi connectivity index (χ4v) is 3.40. The van der Waals surface area contributed by atoms with Gasteiger partial charge in [0.1, 0.15) is 0 Å². The van der Waals surface area contributed by atoms with Gasteiger partial charge in [-0.15, -0.1) is 24.2 Å². The van der Waals surface area contributed by atoms with Crippen molar-refractivity contribution in [3.8, 4) is 0 Å². The first-order valence-corrected chi connectivity index (χ1v) is 9.11. The SMILES string of the molecule is Cl.O=C(CSCc1ccccc1)NCCCCN1CCCC1. The molecule has 1 aromatic rings. The second-order valence-corrected chi connectivity index (χ2v) is 6.57. The van der Waals surface area contributed by atoms with Gasteiger partial charge >= 0.3 is 0 Å². The van der Waals surface area contributed by atoms with E-state index in [4.69, 9.17) is 0 Å². The number of unbranched alkanes of at least 4 members (excludes halogenated alkanes) is 1. The van der Waals surface area contributed by atoms with Crippen LogP contribution in [-0.2, 0) is 10.5 Å². The van der Waals surface area contributed by atoms with Crippen LogP contribution >= 0.6 is 24.2 Å². The van der Waals surface area contributed by atoms with E-state index >= 15 is 0 Å². The van der Waals surface area contributed by atoms with Gasteiger partial charge in [-0.1, -0.05) is 30.3 Å². The van der Waals surface area contributed by atoms with Crippen LogP contribution < -0.4 is 5.32 Å². The van der Waals surface area contributed by atoms with Crippen LogP contribution in [0.15, 0.2) is 30.3 Å². The van der Waals surface area contributed by atoms with Gasteiger partial charge in [-0.2, -0.15) is 0 Å². The van der Waals surface area contributed by atoms with E-state index in [0.717, 1.165) is 18.7 Å². The van der Waals surface area contributed by atoms with E-state index in [1.807, 2.05) is 18.2 Å². The number of halogens is 1. The van der Waals surface area contributed by atoms with E-state index in [2.05, 4.69) is 22.3 Å². The summed E-state index contributed by atoms with van der Waals surface area (Å²) in [6.07, 6.45) is 4.99. The second kappa shape index (κ2) is 11.8. The van der Waals surface area contributed by atoms with Crippen molar-refractivity contribution in [1.29, 1.82) is 0 Å². The van der Waals surface area contributed by atoms with E-state index in [-0.39, 0.29) is 18.3 Å². The molecule has 1 fully saturated rings. The maximum atomic E-state index is 11.7. The fourth-order valence-electron chi connectivity index (χ4n) is 2.58. The smallest absolute Gasteiger partial charge is 0.230 e. The molecule has 0 aromatic heterocycles. The van der Waals surface area contributed by atoms with Gasteiger partial charge in [-0.25, -0.2) is 0 Å². The normalized spacial score (nSPS) is 14.5. The molecule has 3 nitrogen and oxygen atoms in total. The lowest BCUT2D eigenvalue weighted by Gasteiger charge is -2.13. The Kier molecular flexibility index (Phi) is 10.4. The van der Waals surface area contributed by atoms with E-state index in [0.29, 0.717) is 5.75 Å². The highest BCUT2D eigenvalue weighted by atomic mass is 35.5. The predicted octanol–water partition coefficient (Wildman–Crippen LogP) is 3.33. The molecule has 1 aromatic carbocycles. The Morgan fingerprint density at radius 3 is 2.59 bits per heavy atom. The summed E-state index contributed by atoms with van der Waals surface area (Å²) in [4.78, 5) is 14.2. The third kappa shape index (κ3) is 8.06. The minimum atomic E-state index is 0. The minimum absolute atomic E-state index is 0. The molecule has 0 radical (unpaired) electrons. The molecule has 1 aliphatic rings. The van der Waals surface area contributed by atoms with Crippen LogP contribution in [0, 0.1) is 0 Å². The van der Waals surface area contributed by atoms with Crippen LogP contribution in [0.4, 0.5) is 0 Å². The van der Waals surface area contributed by atoms with Crippen molar-refractivity contribution in [1.82, 2.24) is 10.2 Å². The Balaban J connectivity index is 0.00000242. The zero-order valence-corrected chi connectivity index (χ0v) is 14.8. The lowest BCUT2D eigenvalue weighted by Crippen LogP contribution is -2.27. The predicted molar refractivity (Wildman–Crippen MR) is 97.8 cm³/mol. The molecule has 1 amide bonds. The molecular formula is C17H27ClN2OS. The number of hydrogen-bond acceptors (Lipinski definition) is 3. The number of likely N-dealkylation sites (tertiary alicyclic amines) is 1. The van der Waals surface area contributed by atoms with Gasteiger partial charge in [-0.05, 0) is 50.9 Å². The number of amides is 1. The van der Waals surface area contributed by atoms with Crippen molar-refractivity contribution in [3.63, 3.8) is 0 Å². The van der Waals surface area contributed by atoms with Gasteiger partial charge in [0.25, 0.3) is 0 Å². The van der Waals surface area contributed by atoms with Crippen LogP contribution in [0.2, 0.25) is 0 Å². The zero-order valence-electron chi connectivity index (χ0n) is 13.1. The Morgan fingerprint density at radius 1 is 1.14 bits per heavy atom. The second-order valence-electron chi connectivity index (χ2n) is 5.58. The van der Waals surface area contributed by atoms with Crippen molar-refractivity contribution in [2.45, 2.75) is 31.4 Å². The van der Waals surface area contributed by atoms with Gasteiger partial charge < -0.3 is 10.2 Å². The number of hydrogen-bond donors (Lipinski definition) is 1. The molecule has 0 unspecified atom stereocenters. The first kappa shape index (κ1) is 19.3. The van der Waals surface area contributed by atoms with Crippen LogP contribution in [-0.4, -0.2) is 42.7 Å². The molecule has 2 rings (SSSR count). The number of carbonyl (C=O) groups excluding carboxylic acids is 1. The lowest BCUT2D eigenvalue weighted by atomic mass is 10.2. The lowest BCUT2D eigenvalue weighted by molar-refractivity contribution is -0.118. The van der Waals surface area contributed by atoms with Gasteiger partial charge in [0, 0.05) is 12.3 Å². The van der Waals surface area contributed by atoms with Crippen molar-refractivity contribution >= 4 is 30.1 Å². The largest absolute Gasteiger partial charge is 0.355 e. The average Bonchev–Trinajstić information content (AvgIpc) is 3.01. The summed E-state index contributed by atoms with van der Waals surface area (Å²) in [7, 11) is 0. The molecule has 0 bridgehead atoms. The summed E-state index contributed by atoms with van der Waals surface area (Å²) < 4.78 is 0. The number of nitrogens with zero attached hydrogens (tertiary/aromatic N) is 1. The number of benzene rings is 1. The molecule has 0 spiro atoms. The van der Waals surface area contributed by atoms with Crippen LogP contribution in [0.1, 0.15) is 31.2 Å². The quantitative estimate of drug-likeness (QED) is 0.699. The molecule has 1 N–H and O–H groups in total. The molecule has 0 atom stereocenters. The Labute approximate surface area is 144 Å². The average molecular weight is 343 g/mol. The summed E-state index contributed by atoms with van der Waals surface area (Å²) in [6, 6.07) is 10.3. The highest BCUT2D eigenvalue weighted by Gasteiger charge is 2.10. The topological polar surface area (TPSA) is 32.3 Å². The number of thioether (sulfide) groups is 1. The number of rotatable bonds is 9. The van der Waals surface area contributed by atoms with Crippen LogP contribution in [0.5, 0.6) is 0 Å². The number of nitrogens with one attached hydrogen (secondary N) is 1. The molecule has 0 saturated carbocycles. The van der Waals surface area contributed by atoms with Gasteiger partial charge in [0.15, 0.2) is 0 Å². The third-order valence-electron chi connectivity index (χ3n) is 3.77. The van der Waals surface area contributed by atoms with Crippen LogP contribution in [0.3, 0.4) is 0 Å². The summed E-state index contributed by atoms with van der Waals surface area (Å²) in [5.74, 6) is 1.63. The van der Waals surface area contributed by atoms with E-state index < -0.39 is 0 Å². The monoisotopic (exact) mass is 342 g/mol. The van der Waals surface area contributed by atoms with Gasteiger partial charge in [-0.3, -0.25) is 4.79 Å². The molecule has 5 heteroatoms. The van der Waals surface area contributed by atoms with Crippen molar-refractivity contribution in [2.75, 3.05) is 31.9 Å². The Morgan fingerprint density at radius 2 is 1.86 bits per heavy atom. The molecule has 124 valence electrons. The molecule has 1 heterocycles. The maximum absolute atomic E-state index is 11.7. The fraction of sp³-hybridized carbons (Fsp3) is 0.588. The standard InChI is InChI=1S/C17H26N2OS.ClH/c20-17(15-21-14-16-8-2-1-3-9-16)18-10-4-5-11-19-12-6-7-13-19;/h1-3,8-9H,4-7,10-15H2,(H,18,20);1H. The van der Waals surface area contributed by atoms with E-state index in [1.54, 1.807) is 11.8 Å². The zero-order chi connectivity index (χ0) is 14.8. The van der Waals surface area contributed by atoms with E-state index in [9.17, 15) is 4.79 Å². The molecule has 1 aliphatic heterocycles. The first-order chi connectivity index (χ1) is 10.3. The number of carbonyl (C=O) groups is 1. The Hall–Kier alpha value is -0.710. The molecule has 22 heavy (non-hydrogen) atoms.